The average molecular weight is 404 g/mol. The number of sulfonamides is 1. The van der Waals surface area contributed by atoms with E-state index in [1.165, 1.54) is 12.3 Å². The van der Waals surface area contributed by atoms with E-state index < -0.39 is 10.0 Å². The minimum atomic E-state index is -3.67. The normalized spacial score (nSPS) is 11.7. The molecule has 0 atom stereocenters. The first-order chi connectivity index (χ1) is 9.95. The highest BCUT2D eigenvalue weighted by Gasteiger charge is 2.19. The Morgan fingerprint density at radius 1 is 1.24 bits per heavy atom. The van der Waals surface area contributed by atoms with Crippen molar-refractivity contribution in [3.63, 3.8) is 0 Å². The lowest BCUT2D eigenvalue weighted by Gasteiger charge is -2.06. The van der Waals surface area contributed by atoms with Crippen LogP contribution in [0, 0.1) is 0 Å². The lowest BCUT2D eigenvalue weighted by Crippen LogP contribution is -2.11. The van der Waals surface area contributed by atoms with Gasteiger partial charge in [0.05, 0.1) is 26.2 Å². The molecule has 21 heavy (non-hydrogen) atoms. The van der Waals surface area contributed by atoms with Crippen molar-refractivity contribution in [2.24, 2.45) is 0 Å². The van der Waals surface area contributed by atoms with Gasteiger partial charge in [0.25, 0.3) is 10.0 Å². The van der Waals surface area contributed by atoms with Gasteiger partial charge in [-0.1, -0.05) is 29.8 Å². The molecule has 2 aromatic heterocycles. The third-order valence-electron chi connectivity index (χ3n) is 2.73. The van der Waals surface area contributed by atoms with E-state index in [9.17, 15) is 8.42 Å². The molecule has 108 valence electrons. The third kappa shape index (κ3) is 3.06. The largest absolute Gasteiger partial charge is 0.277 e. The number of para-hydroxylation sites is 1. The van der Waals surface area contributed by atoms with Gasteiger partial charge in [-0.3, -0.25) is 9.71 Å². The minimum Gasteiger partial charge on any atom is -0.277 e. The highest BCUT2D eigenvalue weighted by molar-refractivity contribution is 9.11. The molecule has 3 rings (SSSR count). The fourth-order valence-corrected chi connectivity index (χ4v) is 5.22. The van der Waals surface area contributed by atoms with E-state index in [1.54, 1.807) is 6.07 Å². The van der Waals surface area contributed by atoms with Crippen molar-refractivity contribution in [1.29, 1.82) is 0 Å². The van der Waals surface area contributed by atoms with Crippen molar-refractivity contribution >= 4 is 65.5 Å². The van der Waals surface area contributed by atoms with Crippen LogP contribution < -0.4 is 4.72 Å². The van der Waals surface area contributed by atoms with E-state index in [4.69, 9.17) is 11.6 Å². The summed E-state index contributed by atoms with van der Waals surface area (Å²) in [5.41, 5.74) is 1.22. The average Bonchev–Trinajstić information content (AvgIpc) is 2.79. The molecule has 2 heterocycles. The van der Waals surface area contributed by atoms with Crippen LogP contribution in [-0.2, 0) is 10.0 Å². The summed E-state index contributed by atoms with van der Waals surface area (Å²) in [5.74, 6) is 0. The Kier molecular flexibility index (Phi) is 3.92. The van der Waals surface area contributed by atoms with Gasteiger partial charge in [0.2, 0.25) is 0 Å². The van der Waals surface area contributed by atoms with Crippen LogP contribution in [0.2, 0.25) is 5.02 Å². The van der Waals surface area contributed by atoms with Crippen LogP contribution >= 0.6 is 38.9 Å². The van der Waals surface area contributed by atoms with E-state index >= 15 is 0 Å². The Balaban J connectivity index is 1.97. The van der Waals surface area contributed by atoms with E-state index in [1.807, 2.05) is 24.3 Å². The van der Waals surface area contributed by atoms with E-state index in [0.717, 1.165) is 22.2 Å². The number of anilines is 1. The number of hydrogen-bond acceptors (Lipinski definition) is 4. The lowest BCUT2D eigenvalue weighted by molar-refractivity contribution is 0.603. The molecule has 0 spiro atoms. The number of pyridine rings is 1. The summed E-state index contributed by atoms with van der Waals surface area (Å²) in [6.07, 6.45) is 1.49. The zero-order chi connectivity index (χ0) is 15.0. The van der Waals surface area contributed by atoms with Crippen molar-refractivity contribution in [2.75, 3.05) is 4.72 Å². The molecule has 1 aromatic carbocycles. The second-order valence-electron chi connectivity index (χ2n) is 4.21. The molecule has 0 unspecified atom stereocenters. The quantitative estimate of drug-likeness (QED) is 0.700. The van der Waals surface area contributed by atoms with Crippen molar-refractivity contribution in [3.8, 4) is 0 Å². The highest BCUT2D eigenvalue weighted by atomic mass is 79.9. The van der Waals surface area contributed by atoms with Crippen molar-refractivity contribution in [2.45, 2.75) is 4.21 Å². The van der Waals surface area contributed by atoms with E-state index in [-0.39, 0.29) is 4.21 Å². The summed E-state index contributed by atoms with van der Waals surface area (Å²) < 4.78 is 27.8. The maximum atomic E-state index is 12.3. The summed E-state index contributed by atoms with van der Waals surface area (Å²) in [6.45, 7) is 0. The molecule has 3 aromatic rings. The third-order valence-corrected chi connectivity index (χ3v) is 7.06. The van der Waals surface area contributed by atoms with Crippen molar-refractivity contribution < 1.29 is 8.42 Å². The van der Waals surface area contributed by atoms with E-state index in [2.05, 4.69) is 25.6 Å². The second-order valence-corrected chi connectivity index (χ2v) is 8.90. The zero-order valence-electron chi connectivity index (χ0n) is 10.4. The molecule has 0 amide bonds. The number of halogens is 2. The molecule has 0 saturated carbocycles. The molecule has 0 aliphatic carbocycles. The van der Waals surface area contributed by atoms with Crippen LogP contribution in [0.1, 0.15) is 0 Å². The van der Waals surface area contributed by atoms with Crippen LogP contribution in [0.15, 0.2) is 50.6 Å². The standard InChI is InChI=1S/C13H8BrClN2O2S2/c14-13-10(15)6-12(20-13)21(18,19)17-9-5-8-3-1-2-4-11(8)16-7-9/h1-7,17H. The van der Waals surface area contributed by atoms with Gasteiger partial charge in [-0.05, 0) is 34.1 Å². The predicted octanol–water partition coefficient (Wildman–Crippen LogP) is 4.51. The molecule has 0 aliphatic rings. The predicted molar refractivity (Wildman–Crippen MR) is 89.6 cm³/mol. The zero-order valence-corrected chi connectivity index (χ0v) is 14.4. The Bertz CT molecular complexity index is 905. The van der Waals surface area contributed by atoms with Crippen LogP contribution in [0.5, 0.6) is 0 Å². The van der Waals surface area contributed by atoms with Gasteiger partial charge in [-0.15, -0.1) is 11.3 Å². The van der Waals surface area contributed by atoms with E-state index in [0.29, 0.717) is 14.5 Å². The molecule has 8 heteroatoms. The number of aromatic nitrogens is 1. The van der Waals surface area contributed by atoms with Crippen LogP contribution in [0.4, 0.5) is 5.69 Å². The Morgan fingerprint density at radius 2 is 2.00 bits per heavy atom. The second kappa shape index (κ2) is 5.57. The van der Waals surface area contributed by atoms with Gasteiger partial charge in [0, 0.05) is 5.39 Å². The molecule has 0 bridgehead atoms. The van der Waals surface area contributed by atoms with Crippen LogP contribution in [0.25, 0.3) is 10.9 Å². The van der Waals surface area contributed by atoms with Gasteiger partial charge in [-0.25, -0.2) is 8.42 Å². The van der Waals surface area contributed by atoms with Crippen LogP contribution in [-0.4, -0.2) is 13.4 Å². The van der Waals surface area contributed by atoms with Gasteiger partial charge in [0.1, 0.15) is 4.21 Å². The molecule has 0 aliphatic heterocycles. The smallest absolute Gasteiger partial charge is 0.271 e. The molecular weight excluding hydrogens is 396 g/mol. The Hall–Kier alpha value is -1.15. The van der Waals surface area contributed by atoms with Gasteiger partial charge in [-0.2, -0.15) is 0 Å². The Morgan fingerprint density at radius 3 is 2.71 bits per heavy atom. The molecular formula is C13H8BrClN2O2S2. The minimum absolute atomic E-state index is 0.146. The summed E-state index contributed by atoms with van der Waals surface area (Å²) in [7, 11) is -3.67. The maximum Gasteiger partial charge on any atom is 0.271 e. The Labute approximate surface area is 139 Å². The van der Waals surface area contributed by atoms with Gasteiger partial charge in [0.15, 0.2) is 0 Å². The molecule has 0 saturated heterocycles. The maximum absolute atomic E-state index is 12.3. The van der Waals surface area contributed by atoms with Gasteiger partial charge < -0.3 is 0 Å². The van der Waals surface area contributed by atoms with Gasteiger partial charge >= 0.3 is 0 Å². The summed E-state index contributed by atoms with van der Waals surface area (Å²) in [4.78, 5) is 4.22. The van der Waals surface area contributed by atoms with Crippen LogP contribution in [0.3, 0.4) is 0 Å². The first-order valence-corrected chi connectivity index (χ1v) is 9.25. The number of nitrogens with zero attached hydrogens (tertiary/aromatic N) is 1. The fourth-order valence-electron chi connectivity index (χ4n) is 1.79. The van der Waals surface area contributed by atoms with Crippen molar-refractivity contribution in [3.05, 3.63) is 51.4 Å². The summed E-state index contributed by atoms with van der Waals surface area (Å²) in [6, 6.07) is 10.6. The topological polar surface area (TPSA) is 59.1 Å². The summed E-state index contributed by atoms with van der Waals surface area (Å²) in [5, 5.41) is 1.24. The molecule has 1 N–H and O–H groups in total. The number of benzene rings is 1. The first kappa shape index (κ1) is 14.8. The highest BCUT2D eigenvalue weighted by Crippen LogP contribution is 2.35. The number of fused-ring (bicyclic) bond motifs is 1. The lowest BCUT2D eigenvalue weighted by atomic mass is 10.2. The number of rotatable bonds is 3. The molecule has 0 radical (unpaired) electrons. The number of hydrogen-bond donors (Lipinski definition) is 1. The summed E-state index contributed by atoms with van der Waals surface area (Å²) >= 11 is 10.1. The van der Waals surface area contributed by atoms with Crippen molar-refractivity contribution in [1.82, 2.24) is 4.98 Å². The SMILES string of the molecule is O=S(=O)(Nc1cnc2ccccc2c1)c1cc(Cl)c(Br)s1. The monoisotopic (exact) mass is 402 g/mol. The molecule has 0 fully saturated rings. The number of nitrogens with one attached hydrogen (secondary N) is 1. The first-order valence-electron chi connectivity index (χ1n) is 5.78. The fraction of sp³-hybridized carbons (Fsp3) is 0. The molecule has 4 nitrogen and oxygen atoms in total. The number of thiophene rings is 1.